The third-order valence-corrected chi connectivity index (χ3v) is 2.75. The molecule has 1 rings (SSSR count). The van der Waals surface area contributed by atoms with E-state index >= 15 is 0 Å². The molecule has 1 aromatic heterocycles. The minimum absolute atomic E-state index is 0.180. The SMILES string of the molecule is CCNC(CCn1nc(C)cc1C)C(=O)OCC. The van der Waals surface area contributed by atoms with E-state index in [1.54, 1.807) is 0 Å². The molecule has 0 radical (unpaired) electrons. The number of aryl methyl sites for hydroxylation is 3. The van der Waals surface area contributed by atoms with Crippen molar-refractivity contribution in [3.8, 4) is 0 Å². The summed E-state index contributed by atoms with van der Waals surface area (Å²) < 4.78 is 6.98. The summed E-state index contributed by atoms with van der Waals surface area (Å²) in [6.45, 7) is 9.68. The lowest BCUT2D eigenvalue weighted by Gasteiger charge is -2.16. The van der Waals surface area contributed by atoms with Crippen molar-refractivity contribution in [1.29, 1.82) is 0 Å². The van der Waals surface area contributed by atoms with Crippen LogP contribution in [-0.2, 0) is 16.1 Å². The highest BCUT2D eigenvalue weighted by Crippen LogP contribution is 2.05. The van der Waals surface area contributed by atoms with E-state index in [0.717, 1.165) is 24.5 Å². The summed E-state index contributed by atoms with van der Waals surface area (Å²) in [5.74, 6) is -0.180. The molecule has 5 nitrogen and oxygen atoms in total. The number of nitrogens with one attached hydrogen (secondary N) is 1. The van der Waals surface area contributed by atoms with Gasteiger partial charge in [0.25, 0.3) is 0 Å². The van der Waals surface area contributed by atoms with Crippen molar-refractivity contribution in [2.75, 3.05) is 13.2 Å². The number of carbonyl (C=O) groups is 1. The van der Waals surface area contributed by atoms with Crippen LogP contribution in [0.25, 0.3) is 0 Å². The van der Waals surface area contributed by atoms with Crippen LogP contribution in [-0.4, -0.2) is 34.9 Å². The molecule has 0 aliphatic carbocycles. The molecule has 1 N–H and O–H groups in total. The van der Waals surface area contributed by atoms with Gasteiger partial charge in [-0.15, -0.1) is 0 Å². The van der Waals surface area contributed by atoms with Gasteiger partial charge in [-0.05, 0) is 39.8 Å². The van der Waals surface area contributed by atoms with E-state index in [9.17, 15) is 4.79 Å². The molecule has 1 unspecified atom stereocenters. The molecule has 1 aromatic rings. The fraction of sp³-hybridized carbons (Fsp3) is 0.692. The molecule has 1 atom stereocenters. The van der Waals surface area contributed by atoms with E-state index in [1.165, 1.54) is 0 Å². The Morgan fingerprint density at radius 2 is 2.22 bits per heavy atom. The molecule has 0 aromatic carbocycles. The average molecular weight is 253 g/mol. The van der Waals surface area contributed by atoms with Gasteiger partial charge in [0.1, 0.15) is 6.04 Å². The molecule has 102 valence electrons. The first-order valence-electron chi connectivity index (χ1n) is 6.49. The van der Waals surface area contributed by atoms with E-state index < -0.39 is 0 Å². The largest absolute Gasteiger partial charge is 0.465 e. The lowest BCUT2D eigenvalue weighted by molar-refractivity contribution is -0.145. The Hall–Kier alpha value is -1.36. The van der Waals surface area contributed by atoms with Gasteiger partial charge in [0.05, 0.1) is 12.3 Å². The number of hydrogen-bond donors (Lipinski definition) is 1. The van der Waals surface area contributed by atoms with Crippen molar-refractivity contribution in [3.05, 3.63) is 17.5 Å². The van der Waals surface area contributed by atoms with Gasteiger partial charge in [0.2, 0.25) is 0 Å². The van der Waals surface area contributed by atoms with Crippen LogP contribution in [0.2, 0.25) is 0 Å². The molecule has 0 saturated heterocycles. The molecule has 0 spiro atoms. The molecule has 5 heteroatoms. The van der Waals surface area contributed by atoms with Crippen LogP contribution in [0.3, 0.4) is 0 Å². The third kappa shape index (κ3) is 4.14. The minimum atomic E-state index is -0.251. The fourth-order valence-corrected chi connectivity index (χ4v) is 1.95. The van der Waals surface area contributed by atoms with Gasteiger partial charge in [0, 0.05) is 12.2 Å². The van der Waals surface area contributed by atoms with Crippen LogP contribution in [0.15, 0.2) is 6.07 Å². The van der Waals surface area contributed by atoms with Crippen molar-refractivity contribution in [2.24, 2.45) is 0 Å². The number of likely N-dealkylation sites (N-methyl/N-ethyl adjacent to an activating group) is 1. The van der Waals surface area contributed by atoms with Crippen LogP contribution < -0.4 is 5.32 Å². The van der Waals surface area contributed by atoms with Crippen molar-refractivity contribution < 1.29 is 9.53 Å². The van der Waals surface area contributed by atoms with E-state index in [4.69, 9.17) is 4.74 Å². The summed E-state index contributed by atoms with van der Waals surface area (Å²) in [7, 11) is 0. The normalized spacial score (nSPS) is 12.4. The molecule has 1 heterocycles. The zero-order chi connectivity index (χ0) is 13.5. The maximum Gasteiger partial charge on any atom is 0.323 e. The number of hydrogen-bond acceptors (Lipinski definition) is 4. The monoisotopic (exact) mass is 253 g/mol. The predicted octanol–water partition coefficient (Wildman–Crippen LogP) is 1.43. The molecular weight excluding hydrogens is 230 g/mol. The minimum Gasteiger partial charge on any atom is -0.465 e. The smallest absolute Gasteiger partial charge is 0.323 e. The molecule has 0 aliphatic rings. The molecule has 0 saturated carbocycles. The second-order valence-electron chi connectivity index (χ2n) is 4.30. The van der Waals surface area contributed by atoms with Gasteiger partial charge in [-0.3, -0.25) is 9.48 Å². The summed E-state index contributed by atoms with van der Waals surface area (Å²) in [5, 5.41) is 7.53. The Labute approximate surface area is 109 Å². The standard InChI is InChI=1S/C13H23N3O2/c1-5-14-12(13(17)18-6-2)7-8-16-11(4)9-10(3)15-16/h9,12,14H,5-8H2,1-4H3. The zero-order valence-electron chi connectivity index (χ0n) is 11.7. The Morgan fingerprint density at radius 1 is 1.50 bits per heavy atom. The maximum atomic E-state index is 11.7. The molecule has 0 fully saturated rings. The van der Waals surface area contributed by atoms with Crippen LogP contribution in [0.4, 0.5) is 0 Å². The van der Waals surface area contributed by atoms with Crippen LogP contribution in [0, 0.1) is 13.8 Å². The van der Waals surface area contributed by atoms with E-state index in [-0.39, 0.29) is 12.0 Å². The number of ether oxygens (including phenoxy) is 1. The maximum absolute atomic E-state index is 11.7. The molecule has 18 heavy (non-hydrogen) atoms. The summed E-state index contributed by atoms with van der Waals surface area (Å²) in [6, 6.07) is 1.78. The Kier molecular flexibility index (Phi) is 5.85. The Morgan fingerprint density at radius 3 is 2.72 bits per heavy atom. The first-order valence-corrected chi connectivity index (χ1v) is 6.49. The zero-order valence-corrected chi connectivity index (χ0v) is 11.7. The number of aromatic nitrogens is 2. The lowest BCUT2D eigenvalue weighted by Crippen LogP contribution is -2.38. The highest BCUT2D eigenvalue weighted by Gasteiger charge is 2.18. The molecule has 0 bridgehead atoms. The number of nitrogens with zero attached hydrogens (tertiary/aromatic N) is 2. The van der Waals surface area contributed by atoms with E-state index in [0.29, 0.717) is 13.0 Å². The van der Waals surface area contributed by atoms with E-state index in [1.807, 2.05) is 38.4 Å². The van der Waals surface area contributed by atoms with Crippen molar-refractivity contribution in [1.82, 2.24) is 15.1 Å². The van der Waals surface area contributed by atoms with E-state index in [2.05, 4.69) is 10.4 Å². The highest BCUT2D eigenvalue weighted by molar-refractivity contribution is 5.75. The Balaban J connectivity index is 2.56. The van der Waals surface area contributed by atoms with Crippen LogP contribution >= 0.6 is 0 Å². The average Bonchev–Trinajstić information content (AvgIpc) is 2.63. The fourth-order valence-electron chi connectivity index (χ4n) is 1.95. The topological polar surface area (TPSA) is 56.2 Å². The van der Waals surface area contributed by atoms with Gasteiger partial charge in [-0.2, -0.15) is 5.10 Å². The van der Waals surface area contributed by atoms with Gasteiger partial charge < -0.3 is 10.1 Å². The van der Waals surface area contributed by atoms with Gasteiger partial charge in [-0.1, -0.05) is 6.92 Å². The van der Waals surface area contributed by atoms with Crippen LogP contribution in [0.5, 0.6) is 0 Å². The first kappa shape index (κ1) is 14.7. The molecule has 0 amide bonds. The summed E-state index contributed by atoms with van der Waals surface area (Å²) in [6.07, 6.45) is 0.689. The van der Waals surface area contributed by atoms with Gasteiger partial charge >= 0.3 is 5.97 Å². The number of esters is 1. The van der Waals surface area contributed by atoms with Crippen LogP contribution in [0.1, 0.15) is 31.7 Å². The lowest BCUT2D eigenvalue weighted by atomic mass is 10.2. The second kappa shape index (κ2) is 7.16. The van der Waals surface area contributed by atoms with Crippen molar-refractivity contribution in [2.45, 2.75) is 46.7 Å². The summed E-state index contributed by atoms with van der Waals surface area (Å²) in [4.78, 5) is 11.7. The van der Waals surface area contributed by atoms with Crippen molar-refractivity contribution in [3.63, 3.8) is 0 Å². The highest BCUT2D eigenvalue weighted by atomic mass is 16.5. The third-order valence-electron chi connectivity index (χ3n) is 2.75. The van der Waals surface area contributed by atoms with Crippen molar-refractivity contribution >= 4 is 5.97 Å². The summed E-state index contributed by atoms with van der Waals surface area (Å²) in [5.41, 5.74) is 2.12. The number of rotatable bonds is 7. The quantitative estimate of drug-likeness (QED) is 0.747. The summed E-state index contributed by atoms with van der Waals surface area (Å²) >= 11 is 0. The second-order valence-corrected chi connectivity index (χ2v) is 4.30. The number of carbonyl (C=O) groups excluding carboxylic acids is 1. The van der Waals surface area contributed by atoms with Gasteiger partial charge in [0.15, 0.2) is 0 Å². The molecule has 0 aliphatic heterocycles. The first-order chi connectivity index (χ1) is 8.58. The Bertz CT molecular complexity index is 388. The molecular formula is C13H23N3O2. The predicted molar refractivity (Wildman–Crippen MR) is 70.4 cm³/mol. The van der Waals surface area contributed by atoms with Gasteiger partial charge in [-0.25, -0.2) is 0 Å².